The van der Waals surface area contributed by atoms with Gasteiger partial charge in [-0.15, -0.1) is 0 Å². The molecule has 182 valence electrons. The Labute approximate surface area is 204 Å². The summed E-state index contributed by atoms with van der Waals surface area (Å²) in [6.45, 7) is 0. The number of anilines is 1. The van der Waals surface area contributed by atoms with Crippen LogP contribution in [0.2, 0.25) is 0 Å². The van der Waals surface area contributed by atoms with Gasteiger partial charge in [0.1, 0.15) is 17.8 Å². The number of hydrogen-bond donors (Lipinski definition) is 2. The zero-order valence-electron chi connectivity index (χ0n) is 19.0. The van der Waals surface area contributed by atoms with Crippen molar-refractivity contribution in [3.63, 3.8) is 0 Å². The Morgan fingerprint density at radius 1 is 1.03 bits per heavy atom. The number of pyridine rings is 1. The zero-order valence-corrected chi connectivity index (χ0v) is 19.8. The molecule has 0 spiro atoms. The summed E-state index contributed by atoms with van der Waals surface area (Å²) in [6.07, 6.45) is 6.04. The Hall–Kier alpha value is -4.29. The van der Waals surface area contributed by atoms with Crippen molar-refractivity contribution in [2.75, 3.05) is 18.8 Å². The van der Waals surface area contributed by atoms with Crippen molar-refractivity contribution in [3.8, 4) is 11.1 Å². The van der Waals surface area contributed by atoms with E-state index in [9.17, 15) is 17.6 Å². The number of nitrogens with one attached hydrogen (secondary N) is 2. The molecule has 0 aliphatic carbocycles. The first-order chi connectivity index (χ1) is 17.2. The minimum atomic E-state index is -4.08. The maximum atomic E-state index is 15.2. The molecule has 0 bridgehead atoms. The predicted octanol–water partition coefficient (Wildman–Crippen LogP) is 3.90. The van der Waals surface area contributed by atoms with E-state index in [1.165, 1.54) is 26.6 Å². The Kier molecular flexibility index (Phi) is 5.69. The van der Waals surface area contributed by atoms with Crippen LogP contribution in [0.3, 0.4) is 0 Å². The number of halogens is 2. The van der Waals surface area contributed by atoms with Crippen molar-refractivity contribution >= 4 is 43.6 Å². The van der Waals surface area contributed by atoms with Gasteiger partial charge in [-0.05, 0) is 35.9 Å². The largest absolute Gasteiger partial charge is 0.345 e. The topological polar surface area (TPSA) is 121 Å². The Morgan fingerprint density at radius 3 is 2.61 bits per heavy atom. The monoisotopic (exact) mass is 508 g/mol. The van der Waals surface area contributed by atoms with Crippen LogP contribution in [0, 0.1) is 11.6 Å². The lowest BCUT2D eigenvalue weighted by Gasteiger charge is -2.15. The number of carbonyl (C=O) groups is 1. The van der Waals surface area contributed by atoms with Gasteiger partial charge >= 0.3 is 10.2 Å². The highest BCUT2D eigenvalue weighted by Gasteiger charge is 2.26. The number of fused-ring (bicyclic) bond motifs is 2. The summed E-state index contributed by atoms with van der Waals surface area (Å²) in [7, 11) is -1.60. The van der Waals surface area contributed by atoms with Gasteiger partial charge in [0.25, 0.3) is 0 Å². The number of benzene rings is 2. The molecule has 5 rings (SSSR count). The highest BCUT2D eigenvalue weighted by atomic mass is 32.2. The summed E-state index contributed by atoms with van der Waals surface area (Å²) < 4.78 is 57.0. The minimum Gasteiger partial charge on any atom is -0.345 e. The molecule has 2 aromatic carbocycles. The van der Waals surface area contributed by atoms with Crippen LogP contribution in [0.15, 0.2) is 61.3 Å². The fraction of sp³-hybridized carbons (Fsp3) is 0.0833. The fourth-order valence-corrected chi connectivity index (χ4v) is 4.34. The Balaban J connectivity index is 1.58. The minimum absolute atomic E-state index is 0.0195. The average molecular weight is 509 g/mol. The molecule has 0 amide bonds. The van der Waals surface area contributed by atoms with Gasteiger partial charge in [0.15, 0.2) is 5.82 Å². The summed E-state index contributed by atoms with van der Waals surface area (Å²) in [5.41, 5.74) is 1.09. The first-order valence-corrected chi connectivity index (χ1v) is 12.0. The number of nitrogens with zero attached hydrogens (tertiary/aromatic N) is 4. The van der Waals surface area contributed by atoms with Gasteiger partial charge in [0.2, 0.25) is 5.78 Å². The highest BCUT2D eigenvalue weighted by Crippen LogP contribution is 2.30. The number of hydrogen-bond acceptors (Lipinski definition) is 6. The second-order valence-electron chi connectivity index (χ2n) is 8.12. The lowest BCUT2D eigenvalue weighted by atomic mass is 9.99. The van der Waals surface area contributed by atoms with E-state index < -0.39 is 38.9 Å². The fourth-order valence-electron chi connectivity index (χ4n) is 3.72. The molecular formula is C24H18F2N6O3S. The van der Waals surface area contributed by atoms with E-state index in [2.05, 4.69) is 19.9 Å². The first-order valence-electron chi connectivity index (χ1n) is 10.6. The molecule has 5 aromatic rings. The number of H-pyrrole nitrogens is 1. The second kappa shape index (κ2) is 8.73. The lowest BCUT2D eigenvalue weighted by molar-refractivity contribution is 0.103. The molecule has 0 atom stereocenters. The quantitative estimate of drug-likeness (QED) is 0.336. The zero-order chi connectivity index (χ0) is 25.6. The molecule has 12 heteroatoms. The van der Waals surface area contributed by atoms with Crippen molar-refractivity contribution in [2.24, 2.45) is 0 Å². The van der Waals surface area contributed by atoms with Gasteiger partial charge in [-0.2, -0.15) is 12.7 Å². The van der Waals surface area contributed by atoms with E-state index >= 15 is 4.39 Å². The van der Waals surface area contributed by atoms with Crippen LogP contribution >= 0.6 is 0 Å². The molecule has 0 aliphatic rings. The third kappa shape index (κ3) is 4.06. The third-order valence-corrected chi connectivity index (χ3v) is 7.09. The summed E-state index contributed by atoms with van der Waals surface area (Å²) >= 11 is 0. The SMILES string of the molecule is CN(C)S(=O)(=O)Nc1ccc(F)c(C(=O)c2c[nH]c3ncc(-c4ccc5ncncc5c4)cc23)c1F. The van der Waals surface area contributed by atoms with Crippen molar-refractivity contribution in [1.82, 2.24) is 24.2 Å². The van der Waals surface area contributed by atoms with E-state index in [0.29, 0.717) is 16.6 Å². The molecule has 0 saturated carbocycles. The normalized spacial score (nSPS) is 11.9. The number of ketones is 1. The highest BCUT2D eigenvalue weighted by molar-refractivity contribution is 7.90. The molecule has 0 aliphatic heterocycles. The van der Waals surface area contributed by atoms with Gasteiger partial charge in [-0.3, -0.25) is 9.52 Å². The molecule has 0 saturated heterocycles. The summed E-state index contributed by atoms with van der Waals surface area (Å²) in [5.74, 6) is -3.41. The number of aromatic amines is 1. The smallest absolute Gasteiger partial charge is 0.301 e. The standard InChI is InChI=1S/C24H18F2N6O3S/c1-32(2)36(34,35)31-20-6-4-18(25)21(22(20)26)23(33)17-11-29-24-16(17)8-14(10-28-24)13-3-5-19-15(7-13)9-27-12-30-19/h3-12,31H,1-2H3,(H,28,29). The first kappa shape index (κ1) is 23.5. The van der Waals surface area contributed by atoms with E-state index in [1.54, 1.807) is 18.5 Å². The molecule has 3 heterocycles. The van der Waals surface area contributed by atoms with Gasteiger partial charge in [0, 0.05) is 54.6 Å². The molecular weight excluding hydrogens is 490 g/mol. The number of aromatic nitrogens is 4. The number of carbonyl (C=O) groups excluding carboxylic acids is 1. The van der Waals surface area contributed by atoms with Crippen LogP contribution in [0.5, 0.6) is 0 Å². The average Bonchev–Trinajstić information content (AvgIpc) is 3.28. The summed E-state index contributed by atoms with van der Waals surface area (Å²) in [4.78, 5) is 28.7. The van der Waals surface area contributed by atoms with Crippen molar-refractivity contribution in [1.29, 1.82) is 0 Å². The predicted molar refractivity (Wildman–Crippen MR) is 131 cm³/mol. The maximum Gasteiger partial charge on any atom is 0.301 e. The maximum absolute atomic E-state index is 15.2. The summed E-state index contributed by atoms with van der Waals surface area (Å²) in [6, 6.07) is 8.97. The molecule has 9 nitrogen and oxygen atoms in total. The van der Waals surface area contributed by atoms with E-state index in [0.717, 1.165) is 32.9 Å². The Morgan fingerprint density at radius 2 is 1.83 bits per heavy atom. The second-order valence-corrected chi connectivity index (χ2v) is 10.0. The van der Waals surface area contributed by atoms with Crippen molar-refractivity contribution in [2.45, 2.75) is 0 Å². The van der Waals surface area contributed by atoms with Gasteiger partial charge in [0.05, 0.1) is 16.8 Å². The van der Waals surface area contributed by atoms with Gasteiger partial charge in [-0.1, -0.05) is 6.07 Å². The van der Waals surface area contributed by atoms with Gasteiger partial charge < -0.3 is 4.98 Å². The molecule has 36 heavy (non-hydrogen) atoms. The van der Waals surface area contributed by atoms with Crippen LogP contribution in [0.1, 0.15) is 15.9 Å². The van der Waals surface area contributed by atoms with E-state index in [4.69, 9.17) is 0 Å². The summed E-state index contributed by atoms with van der Waals surface area (Å²) in [5, 5.41) is 1.15. The van der Waals surface area contributed by atoms with Crippen LogP contribution in [-0.2, 0) is 10.2 Å². The van der Waals surface area contributed by atoms with E-state index in [-0.39, 0.29) is 5.56 Å². The van der Waals surface area contributed by atoms with Gasteiger partial charge in [-0.25, -0.2) is 23.7 Å². The van der Waals surface area contributed by atoms with Crippen LogP contribution < -0.4 is 4.72 Å². The van der Waals surface area contributed by atoms with Crippen molar-refractivity contribution in [3.05, 3.63) is 84.1 Å². The lowest BCUT2D eigenvalue weighted by Crippen LogP contribution is -2.29. The molecule has 0 fully saturated rings. The number of rotatable bonds is 6. The van der Waals surface area contributed by atoms with Crippen LogP contribution in [0.25, 0.3) is 33.1 Å². The van der Waals surface area contributed by atoms with Crippen LogP contribution in [0.4, 0.5) is 14.5 Å². The van der Waals surface area contributed by atoms with Crippen LogP contribution in [-0.4, -0.2) is 52.5 Å². The molecule has 3 aromatic heterocycles. The molecule has 0 radical (unpaired) electrons. The molecule has 0 unspecified atom stereocenters. The van der Waals surface area contributed by atoms with Crippen molar-refractivity contribution < 1.29 is 22.0 Å². The van der Waals surface area contributed by atoms with E-state index in [1.807, 2.05) is 22.9 Å². The molecule has 2 N–H and O–H groups in total. The third-order valence-electron chi connectivity index (χ3n) is 5.65. The Bertz CT molecular complexity index is 1770.